The summed E-state index contributed by atoms with van der Waals surface area (Å²) in [5.41, 5.74) is 1.14. The Hall–Kier alpha value is -1.97. The third-order valence-electron chi connectivity index (χ3n) is 2.24. The molecule has 1 heterocycles. The molecule has 0 atom stereocenters. The molecule has 0 aromatic heterocycles. The summed E-state index contributed by atoms with van der Waals surface area (Å²) in [7, 11) is 0. The van der Waals surface area contributed by atoms with Crippen LogP contribution in [0.25, 0.3) is 0 Å². The summed E-state index contributed by atoms with van der Waals surface area (Å²) >= 11 is 0. The van der Waals surface area contributed by atoms with Gasteiger partial charge in [-0.25, -0.2) is 0 Å². The van der Waals surface area contributed by atoms with Gasteiger partial charge in [0.05, 0.1) is 0 Å². The largest absolute Gasteiger partial charge is 0.336 e. The van der Waals surface area contributed by atoms with Crippen LogP contribution in [0.1, 0.15) is 5.56 Å². The Bertz CT molecular complexity index is 412. The summed E-state index contributed by atoms with van der Waals surface area (Å²) < 4.78 is 0. The van der Waals surface area contributed by atoms with E-state index in [1.807, 2.05) is 30.3 Å². The minimum absolute atomic E-state index is 0.498. The van der Waals surface area contributed by atoms with Gasteiger partial charge in [0.2, 0.25) is 0 Å². The molecule has 0 unspecified atom stereocenters. The third-order valence-corrected chi connectivity index (χ3v) is 2.24. The molecule has 2 amide bonds. The van der Waals surface area contributed by atoms with E-state index in [9.17, 15) is 9.59 Å². The van der Waals surface area contributed by atoms with Gasteiger partial charge in [0.1, 0.15) is 6.34 Å². The number of carbonyl (C=O) groups excluding carboxylic acids is 2. The van der Waals surface area contributed by atoms with Crippen LogP contribution in [0.5, 0.6) is 0 Å². The highest BCUT2D eigenvalue weighted by atomic mass is 16.2. The first-order valence-corrected chi connectivity index (χ1v) is 4.70. The molecule has 0 saturated heterocycles. The molecular weight excluding hydrogens is 192 g/mol. The van der Waals surface area contributed by atoms with Crippen LogP contribution in [0.3, 0.4) is 0 Å². The molecule has 1 aromatic carbocycles. The molecule has 0 radical (unpaired) electrons. The van der Waals surface area contributed by atoms with E-state index in [2.05, 4.69) is 4.99 Å². The Morgan fingerprint density at radius 3 is 2.47 bits per heavy atom. The molecule has 0 spiro atoms. The summed E-state index contributed by atoms with van der Waals surface area (Å²) in [6, 6.07) is 9.80. The highest BCUT2D eigenvalue weighted by molar-refractivity contribution is 6.41. The number of hydrogen-bond acceptors (Lipinski definition) is 2. The van der Waals surface area contributed by atoms with Gasteiger partial charge in [0.25, 0.3) is 0 Å². The zero-order valence-electron chi connectivity index (χ0n) is 8.09. The van der Waals surface area contributed by atoms with Gasteiger partial charge in [0, 0.05) is 6.54 Å². The highest BCUT2D eigenvalue weighted by Crippen LogP contribution is 2.03. The monoisotopic (exact) mass is 202 g/mol. The average Bonchev–Trinajstić information content (AvgIpc) is 2.59. The molecule has 0 saturated carbocycles. The van der Waals surface area contributed by atoms with E-state index < -0.39 is 11.8 Å². The molecule has 0 N–H and O–H groups in total. The fourth-order valence-electron chi connectivity index (χ4n) is 1.41. The first-order chi connectivity index (χ1) is 7.27. The van der Waals surface area contributed by atoms with Crippen molar-refractivity contribution in [1.82, 2.24) is 4.90 Å². The molecule has 4 nitrogen and oxygen atoms in total. The number of nitrogens with zero attached hydrogens (tertiary/aromatic N) is 2. The second kappa shape index (κ2) is 4.04. The summed E-state index contributed by atoms with van der Waals surface area (Å²) in [5, 5.41) is 0. The molecule has 1 aliphatic heterocycles. The highest BCUT2D eigenvalue weighted by Gasteiger charge is 2.24. The van der Waals surface area contributed by atoms with Crippen LogP contribution in [0, 0.1) is 0 Å². The van der Waals surface area contributed by atoms with Crippen molar-refractivity contribution in [2.75, 3.05) is 6.54 Å². The molecule has 0 fully saturated rings. The minimum Gasteiger partial charge on any atom is -0.294 e. The van der Waals surface area contributed by atoms with E-state index in [0.29, 0.717) is 6.54 Å². The summed E-state index contributed by atoms with van der Waals surface area (Å²) in [4.78, 5) is 26.8. The van der Waals surface area contributed by atoms with E-state index in [-0.39, 0.29) is 0 Å². The molecule has 0 bridgehead atoms. The van der Waals surface area contributed by atoms with Crippen molar-refractivity contribution in [1.29, 1.82) is 0 Å². The van der Waals surface area contributed by atoms with Gasteiger partial charge in [0.15, 0.2) is 0 Å². The second-order valence-electron chi connectivity index (χ2n) is 3.28. The van der Waals surface area contributed by atoms with E-state index in [4.69, 9.17) is 0 Å². The van der Waals surface area contributed by atoms with Gasteiger partial charge in [-0.1, -0.05) is 30.3 Å². The standard InChI is InChI=1S/C11H10N2O2/c14-10-11(15)13(8-12-10)7-6-9-4-2-1-3-5-9/h1-5,8H,6-7H2. The Labute approximate surface area is 87.2 Å². The predicted octanol–water partition coefficient (Wildman–Crippen LogP) is 0.626. The quantitative estimate of drug-likeness (QED) is 0.675. The molecule has 1 aliphatic rings. The van der Waals surface area contributed by atoms with Crippen LogP contribution in [0.15, 0.2) is 35.3 Å². The molecule has 1 aromatic rings. The summed E-state index contributed by atoms with van der Waals surface area (Å²) in [6.07, 6.45) is 2.03. The predicted molar refractivity (Wildman–Crippen MR) is 55.4 cm³/mol. The van der Waals surface area contributed by atoms with E-state index in [1.165, 1.54) is 11.2 Å². The van der Waals surface area contributed by atoms with Crippen LogP contribution in [-0.4, -0.2) is 29.6 Å². The maximum atomic E-state index is 11.2. The SMILES string of the molecule is O=C1N=CN(CCc2ccccc2)C1=O. The second-order valence-corrected chi connectivity index (χ2v) is 3.28. The molecule has 2 rings (SSSR count). The first kappa shape index (κ1) is 9.58. The molecule has 76 valence electrons. The molecule has 15 heavy (non-hydrogen) atoms. The number of carbonyl (C=O) groups is 2. The first-order valence-electron chi connectivity index (χ1n) is 4.70. The fourth-order valence-corrected chi connectivity index (χ4v) is 1.41. The van der Waals surface area contributed by atoms with Gasteiger partial charge in [-0.05, 0) is 12.0 Å². The van der Waals surface area contributed by atoms with Crippen LogP contribution in [0.2, 0.25) is 0 Å². The number of amides is 2. The number of hydrogen-bond donors (Lipinski definition) is 0. The van der Waals surface area contributed by atoms with Gasteiger partial charge in [-0.2, -0.15) is 4.99 Å². The van der Waals surface area contributed by atoms with Crippen molar-refractivity contribution in [2.24, 2.45) is 4.99 Å². The van der Waals surface area contributed by atoms with E-state index >= 15 is 0 Å². The molecule has 4 heteroatoms. The normalized spacial score (nSPS) is 15.1. The van der Waals surface area contributed by atoms with Crippen molar-refractivity contribution < 1.29 is 9.59 Å². The van der Waals surface area contributed by atoms with E-state index in [1.54, 1.807) is 0 Å². The van der Waals surface area contributed by atoms with Crippen LogP contribution in [-0.2, 0) is 16.0 Å². The van der Waals surface area contributed by atoms with Gasteiger partial charge < -0.3 is 0 Å². The van der Waals surface area contributed by atoms with Crippen molar-refractivity contribution in [2.45, 2.75) is 6.42 Å². The summed E-state index contributed by atoms with van der Waals surface area (Å²) in [6.45, 7) is 0.498. The average molecular weight is 202 g/mol. The molecule has 0 aliphatic carbocycles. The van der Waals surface area contributed by atoms with Gasteiger partial charge >= 0.3 is 11.8 Å². The van der Waals surface area contributed by atoms with Crippen molar-refractivity contribution in [3.63, 3.8) is 0 Å². The Morgan fingerprint density at radius 2 is 1.87 bits per heavy atom. The number of benzene rings is 1. The van der Waals surface area contributed by atoms with Crippen molar-refractivity contribution in [3.05, 3.63) is 35.9 Å². The smallest absolute Gasteiger partial charge is 0.294 e. The van der Waals surface area contributed by atoms with Crippen molar-refractivity contribution in [3.8, 4) is 0 Å². The third kappa shape index (κ3) is 2.10. The van der Waals surface area contributed by atoms with Gasteiger partial charge in [-0.3, -0.25) is 14.5 Å². The van der Waals surface area contributed by atoms with E-state index in [0.717, 1.165) is 12.0 Å². The lowest BCUT2D eigenvalue weighted by Crippen LogP contribution is -2.30. The number of rotatable bonds is 3. The van der Waals surface area contributed by atoms with Crippen LogP contribution < -0.4 is 0 Å². The Balaban J connectivity index is 1.92. The Kier molecular flexibility index (Phi) is 2.58. The maximum absolute atomic E-state index is 11.2. The zero-order valence-corrected chi connectivity index (χ0v) is 8.09. The lowest BCUT2D eigenvalue weighted by molar-refractivity contribution is -0.139. The maximum Gasteiger partial charge on any atom is 0.336 e. The molecular formula is C11H10N2O2. The van der Waals surface area contributed by atoms with Crippen LogP contribution >= 0.6 is 0 Å². The summed E-state index contributed by atoms with van der Waals surface area (Å²) in [5.74, 6) is -1.21. The van der Waals surface area contributed by atoms with Gasteiger partial charge in [-0.15, -0.1) is 0 Å². The zero-order chi connectivity index (χ0) is 10.7. The number of aliphatic imine (C=N–C) groups is 1. The Morgan fingerprint density at radius 1 is 1.13 bits per heavy atom. The lowest BCUT2D eigenvalue weighted by atomic mass is 10.1. The van der Waals surface area contributed by atoms with Crippen molar-refractivity contribution >= 4 is 18.2 Å². The topological polar surface area (TPSA) is 49.7 Å². The van der Waals surface area contributed by atoms with Crippen LogP contribution in [0.4, 0.5) is 0 Å². The lowest BCUT2D eigenvalue weighted by Gasteiger charge is -2.10. The minimum atomic E-state index is -0.678. The fraction of sp³-hybridized carbons (Fsp3) is 0.182.